The van der Waals surface area contributed by atoms with Gasteiger partial charge >= 0.3 is 0 Å². The Labute approximate surface area is 184 Å². The largest absolute Gasteiger partial charge is 0.465 e. The average molecular weight is 475 g/mol. The van der Waals surface area contributed by atoms with Gasteiger partial charge < -0.3 is 9.16 Å². The van der Waals surface area contributed by atoms with Crippen molar-refractivity contribution in [3.05, 3.63) is 65.7 Å². The number of ether oxygens (including phenoxy) is 1. The molecular formula is C24H32BrNO2Si. The van der Waals surface area contributed by atoms with Crippen molar-refractivity contribution >= 4 is 35.8 Å². The van der Waals surface area contributed by atoms with Crippen LogP contribution in [0.5, 0.6) is 0 Å². The molecule has 29 heavy (non-hydrogen) atoms. The van der Waals surface area contributed by atoms with E-state index in [1.165, 1.54) is 0 Å². The SMILES string of the molecule is CC(C)(C)[Si](C)(C)OCCC[C@@]1(CBr)OC(c2ccccc2)=Nc2ccccc21. The van der Waals surface area contributed by atoms with Gasteiger partial charge in [0.05, 0.1) is 5.69 Å². The van der Waals surface area contributed by atoms with Gasteiger partial charge in [-0.15, -0.1) is 0 Å². The number of fused-ring (bicyclic) bond motifs is 1. The number of aliphatic imine (C=N–C) groups is 1. The molecule has 3 rings (SSSR count). The average Bonchev–Trinajstić information content (AvgIpc) is 2.70. The van der Waals surface area contributed by atoms with Crippen molar-refractivity contribution in [2.75, 3.05) is 11.9 Å². The number of alkyl halides is 1. The molecule has 1 heterocycles. The van der Waals surface area contributed by atoms with E-state index in [9.17, 15) is 0 Å². The summed E-state index contributed by atoms with van der Waals surface area (Å²) in [6.07, 6.45) is 1.81. The molecule has 1 aliphatic heterocycles. The molecule has 0 fully saturated rings. The molecule has 0 spiro atoms. The van der Waals surface area contributed by atoms with Gasteiger partial charge in [0, 0.05) is 23.1 Å². The van der Waals surface area contributed by atoms with Gasteiger partial charge in [-0.2, -0.15) is 0 Å². The molecule has 0 saturated heterocycles. The van der Waals surface area contributed by atoms with Crippen LogP contribution in [0.3, 0.4) is 0 Å². The summed E-state index contributed by atoms with van der Waals surface area (Å²) in [7, 11) is -1.74. The Balaban J connectivity index is 1.81. The van der Waals surface area contributed by atoms with Crippen LogP contribution < -0.4 is 0 Å². The molecular weight excluding hydrogens is 442 g/mol. The monoisotopic (exact) mass is 473 g/mol. The lowest BCUT2D eigenvalue weighted by Gasteiger charge is -2.39. The molecule has 0 aliphatic carbocycles. The smallest absolute Gasteiger partial charge is 0.222 e. The second-order valence-corrected chi connectivity index (χ2v) is 14.6. The Morgan fingerprint density at radius 1 is 1.03 bits per heavy atom. The number of para-hydroxylation sites is 1. The molecule has 0 aromatic heterocycles. The zero-order valence-electron chi connectivity index (χ0n) is 18.2. The molecule has 0 bridgehead atoms. The second-order valence-electron chi connectivity index (χ2n) is 9.24. The minimum atomic E-state index is -1.74. The van der Waals surface area contributed by atoms with E-state index in [4.69, 9.17) is 14.2 Å². The van der Waals surface area contributed by atoms with Crippen LogP contribution in [0.2, 0.25) is 18.1 Å². The third kappa shape index (κ3) is 4.84. The zero-order valence-corrected chi connectivity index (χ0v) is 20.8. The van der Waals surface area contributed by atoms with Crippen LogP contribution in [0.4, 0.5) is 5.69 Å². The maximum absolute atomic E-state index is 6.59. The number of hydrogen-bond acceptors (Lipinski definition) is 3. The highest BCUT2D eigenvalue weighted by Crippen LogP contribution is 2.43. The maximum Gasteiger partial charge on any atom is 0.222 e. The lowest BCUT2D eigenvalue weighted by atomic mass is 9.88. The van der Waals surface area contributed by atoms with E-state index in [0.29, 0.717) is 11.2 Å². The van der Waals surface area contributed by atoms with Crippen LogP contribution in [0.25, 0.3) is 0 Å². The van der Waals surface area contributed by atoms with Crippen molar-refractivity contribution in [1.29, 1.82) is 0 Å². The van der Waals surface area contributed by atoms with E-state index in [-0.39, 0.29) is 5.04 Å². The number of benzene rings is 2. The third-order valence-electron chi connectivity index (χ3n) is 6.14. The number of hydrogen-bond donors (Lipinski definition) is 0. The lowest BCUT2D eigenvalue weighted by molar-refractivity contribution is 0.0594. The van der Waals surface area contributed by atoms with E-state index in [2.05, 4.69) is 68.0 Å². The summed E-state index contributed by atoms with van der Waals surface area (Å²) in [5.41, 5.74) is 2.69. The fourth-order valence-corrected chi connectivity index (χ4v) is 5.07. The quantitative estimate of drug-likeness (QED) is 0.242. The minimum Gasteiger partial charge on any atom is -0.465 e. The minimum absolute atomic E-state index is 0.223. The Hall–Kier alpha value is -1.43. The molecule has 0 unspecified atom stereocenters. The molecule has 3 nitrogen and oxygen atoms in total. The standard InChI is InChI=1S/C24H32BrNO2Si/c1-23(2,3)29(4,5)27-17-11-16-24(18-25)20-14-9-10-15-21(20)26-22(28-24)19-12-7-6-8-13-19/h6-10,12-15H,11,16-18H2,1-5H3/t24-/m0/s1. The van der Waals surface area contributed by atoms with E-state index in [1.807, 2.05) is 36.4 Å². The van der Waals surface area contributed by atoms with Crippen molar-refractivity contribution in [3.63, 3.8) is 0 Å². The summed E-state index contributed by atoms with van der Waals surface area (Å²) in [5.74, 6) is 0.689. The summed E-state index contributed by atoms with van der Waals surface area (Å²) in [6, 6.07) is 18.5. The molecule has 1 atom stereocenters. The van der Waals surface area contributed by atoms with Crippen LogP contribution in [0.15, 0.2) is 59.6 Å². The first-order valence-electron chi connectivity index (χ1n) is 10.3. The molecule has 156 valence electrons. The van der Waals surface area contributed by atoms with Gasteiger partial charge in [-0.05, 0) is 49.2 Å². The number of nitrogens with zero attached hydrogens (tertiary/aromatic N) is 1. The van der Waals surface area contributed by atoms with Crippen molar-refractivity contribution in [1.82, 2.24) is 0 Å². The van der Waals surface area contributed by atoms with Crippen molar-refractivity contribution in [2.45, 2.75) is 57.3 Å². The van der Waals surface area contributed by atoms with Crippen LogP contribution >= 0.6 is 15.9 Å². The van der Waals surface area contributed by atoms with Crippen molar-refractivity contribution in [3.8, 4) is 0 Å². The molecule has 0 saturated carbocycles. The fraction of sp³-hybridized carbons (Fsp3) is 0.458. The summed E-state index contributed by atoms with van der Waals surface area (Å²) in [4.78, 5) is 4.81. The van der Waals surface area contributed by atoms with Crippen LogP contribution in [0.1, 0.15) is 44.7 Å². The Morgan fingerprint density at radius 2 is 1.69 bits per heavy atom. The zero-order chi connectivity index (χ0) is 21.1. The molecule has 0 amide bonds. The normalized spacial score (nSPS) is 19.3. The maximum atomic E-state index is 6.59. The van der Waals surface area contributed by atoms with Gasteiger partial charge in [0.2, 0.25) is 5.90 Å². The van der Waals surface area contributed by atoms with Gasteiger partial charge in [0.15, 0.2) is 8.32 Å². The van der Waals surface area contributed by atoms with E-state index in [0.717, 1.165) is 36.3 Å². The number of halogens is 1. The molecule has 0 radical (unpaired) electrons. The predicted octanol–water partition coefficient (Wildman–Crippen LogP) is 7.19. The topological polar surface area (TPSA) is 30.8 Å². The van der Waals surface area contributed by atoms with Crippen LogP contribution in [-0.2, 0) is 14.8 Å². The van der Waals surface area contributed by atoms with Crippen LogP contribution in [-0.4, -0.2) is 26.2 Å². The summed E-state index contributed by atoms with van der Waals surface area (Å²) < 4.78 is 13.0. The Bertz CT molecular complexity index is 861. The van der Waals surface area contributed by atoms with Gasteiger partial charge in [0.25, 0.3) is 0 Å². The molecule has 2 aromatic carbocycles. The molecule has 2 aromatic rings. The Kier molecular flexibility index (Phi) is 6.71. The van der Waals surface area contributed by atoms with Gasteiger partial charge in [0.1, 0.15) is 5.60 Å². The predicted molar refractivity (Wildman–Crippen MR) is 128 cm³/mol. The molecule has 5 heteroatoms. The number of rotatable bonds is 7. The van der Waals surface area contributed by atoms with E-state index in [1.54, 1.807) is 0 Å². The van der Waals surface area contributed by atoms with Crippen LogP contribution in [0, 0.1) is 0 Å². The summed E-state index contributed by atoms with van der Waals surface area (Å²) >= 11 is 3.75. The molecule has 0 N–H and O–H groups in total. The lowest BCUT2D eigenvalue weighted by Crippen LogP contribution is -2.41. The highest BCUT2D eigenvalue weighted by atomic mass is 79.9. The Morgan fingerprint density at radius 3 is 2.34 bits per heavy atom. The fourth-order valence-electron chi connectivity index (χ4n) is 3.29. The van der Waals surface area contributed by atoms with Gasteiger partial charge in [-0.3, -0.25) is 0 Å². The summed E-state index contributed by atoms with van der Waals surface area (Å²) in [5, 5.41) is 0.935. The highest BCUT2D eigenvalue weighted by molar-refractivity contribution is 9.09. The first kappa shape index (κ1) is 22.3. The first-order chi connectivity index (χ1) is 13.7. The van der Waals surface area contributed by atoms with E-state index >= 15 is 0 Å². The molecule has 1 aliphatic rings. The van der Waals surface area contributed by atoms with E-state index < -0.39 is 13.9 Å². The van der Waals surface area contributed by atoms with Crippen molar-refractivity contribution < 1.29 is 9.16 Å². The van der Waals surface area contributed by atoms with Gasteiger partial charge in [-0.25, -0.2) is 4.99 Å². The first-order valence-corrected chi connectivity index (χ1v) is 14.3. The van der Waals surface area contributed by atoms with Crippen molar-refractivity contribution in [2.24, 2.45) is 4.99 Å². The second kappa shape index (κ2) is 8.74. The highest BCUT2D eigenvalue weighted by Gasteiger charge is 2.40. The third-order valence-corrected chi connectivity index (χ3v) is 11.6. The van der Waals surface area contributed by atoms with Gasteiger partial charge in [-0.1, -0.05) is 73.1 Å². The summed E-state index contributed by atoms with van der Waals surface area (Å²) in [6.45, 7) is 12.2.